The number of aryl methyl sites for hydroxylation is 2. The van der Waals surface area contributed by atoms with Gasteiger partial charge >= 0.3 is 0 Å². The van der Waals surface area contributed by atoms with Gasteiger partial charge in [-0.2, -0.15) is 0 Å². The Balaban J connectivity index is 1.52. The van der Waals surface area contributed by atoms with E-state index in [1.165, 1.54) is 21.6 Å². The van der Waals surface area contributed by atoms with Crippen LogP contribution in [0.1, 0.15) is 67.5 Å². The van der Waals surface area contributed by atoms with Crippen LogP contribution in [-0.2, 0) is 25.8 Å². The van der Waals surface area contributed by atoms with Gasteiger partial charge in [-0.1, -0.05) is 52.0 Å². The highest BCUT2D eigenvalue weighted by atomic mass is 32.1. The normalized spacial score (nSPS) is 14.8. The van der Waals surface area contributed by atoms with Gasteiger partial charge < -0.3 is 10.3 Å². The van der Waals surface area contributed by atoms with Crippen molar-refractivity contribution < 1.29 is 0 Å². The number of nitrogens with one attached hydrogen (secondary N) is 2. The summed E-state index contributed by atoms with van der Waals surface area (Å²) in [6.07, 6.45) is 4.37. The number of H-pyrrole nitrogens is 1. The molecule has 0 bridgehead atoms. The number of hydrogen-bond donors (Lipinski definition) is 2. The number of hydrogen-bond acceptors (Lipinski definition) is 4. The molecule has 0 saturated heterocycles. The molecule has 0 spiro atoms. The van der Waals surface area contributed by atoms with E-state index >= 15 is 0 Å². The van der Waals surface area contributed by atoms with Gasteiger partial charge in [0.25, 0.3) is 5.56 Å². The molecular formula is C24H31N3OS. The van der Waals surface area contributed by atoms with Gasteiger partial charge in [-0.05, 0) is 54.2 Å². The number of aromatic nitrogens is 2. The monoisotopic (exact) mass is 409 g/mol. The molecule has 2 N–H and O–H groups in total. The van der Waals surface area contributed by atoms with Crippen LogP contribution in [0.25, 0.3) is 10.2 Å². The fourth-order valence-electron chi connectivity index (χ4n) is 4.41. The van der Waals surface area contributed by atoms with E-state index in [1.54, 1.807) is 11.3 Å². The third kappa shape index (κ3) is 4.31. The Hall–Kier alpha value is -1.98. The molecule has 154 valence electrons. The van der Waals surface area contributed by atoms with E-state index in [4.69, 9.17) is 4.98 Å². The van der Waals surface area contributed by atoms with Crippen molar-refractivity contribution in [3.63, 3.8) is 0 Å². The topological polar surface area (TPSA) is 57.8 Å². The van der Waals surface area contributed by atoms with Crippen molar-refractivity contribution in [2.75, 3.05) is 0 Å². The minimum Gasteiger partial charge on any atom is -0.309 e. The van der Waals surface area contributed by atoms with Gasteiger partial charge in [0.1, 0.15) is 10.7 Å². The second kappa shape index (κ2) is 8.41. The van der Waals surface area contributed by atoms with E-state index in [2.05, 4.69) is 62.3 Å². The molecule has 0 aliphatic heterocycles. The Morgan fingerprint density at radius 1 is 1.14 bits per heavy atom. The summed E-state index contributed by atoms with van der Waals surface area (Å²) in [5.74, 6) is 1.83. The lowest BCUT2D eigenvalue weighted by Crippen LogP contribution is -2.27. The van der Waals surface area contributed by atoms with Crippen molar-refractivity contribution >= 4 is 21.6 Å². The molecule has 0 amide bonds. The lowest BCUT2D eigenvalue weighted by molar-refractivity contribution is 0.406. The molecular weight excluding hydrogens is 378 g/mol. The first-order valence-electron chi connectivity index (χ1n) is 10.8. The van der Waals surface area contributed by atoms with Crippen molar-refractivity contribution in [3.8, 4) is 0 Å². The fraction of sp³-hybridized carbons (Fsp3) is 0.500. The van der Waals surface area contributed by atoms with Crippen LogP contribution in [0.3, 0.4) is 0 Å². The van der Waals surface area contributed by atoms with E-state index in [1.807, 2.05) is 0 Å². The standard InChI is InChI=1S/C24H31N3OS/c1-14(2)12-16-8-10-17(11-9-16)22(15(3)4)25-13-20-26-23(28)21-18-6-5-7-19(18)29-24(21)27-20/h8-11,14-15,22,25H,5-7,12-13H2,1-4H3,(H,26,27,28). The number of rotatable bonds is 7. The molecule has 1 aromatic carbocycles. The Bertz CT molecular complexity index is 1050. The van der Waals surface area contributed by atoms with Gasteiger partial charge in [-0.3, -0.25) is 4.79 Å². The van der Waals surface area contributed by atoms with Gasteiger partial charge in [-0.25, -0.2) is 4.98 Å². The first-order chi connectivity index (χ1) is 13.9. The molecule has 2 heterocycles. The van der Waals surface area contributed by atoms with Crippen molar-refractivity contribution in [1.29, 1.82) is 0 Å². The van der Waals surface area contributed by atoms with E-state index in [9.17, 15) is 4.79 Å². The zero-order chi connectivity index (χ0) is 20.5. The molecule has 5 heteroatoms. The largest absolute Gasteiger partial charge is 0.309 e. The highest BCUT2D eigenvalue weighted by molar-refractivity contribution is 7.18. The van der Waals surface area contributed by atoms with Gasteiger partial charge in [-0.15, -0.1) is 11.3 Å². The molecule has 0 saturated carbocycles. The molecule has 1 atom stereocenters. The molecule has 4 nitrogen and oxygen atoms in total. The Kier molecular flexibility index (Phi) is 5.88. The fourth-order valence-corrected chi connectivity index (χ4v) is 5.69. The summed E-state index contributed by atoms with van der Waals surface area (Å²) in [4.78, 5) is 22.7. The lowest BCUT2D eigenvalue weighted by Gasteiger charge is -2.23. The molecule has 0 radical (unpaired) electrons. The maximum atomic E-state index is 12.7. The van der Waals surface area contributed by atoms with Gasteiger partial charge in [0.05, 0.1) is 11.9 Å². The van der Waals surface area contributed by atoms with E-state index in [-0.39, 0.29) is 11.6 Å². The molecule has 29 heavy (non-hydrogen) atoms. The van der Waals surface area contributed by atoms with Crippen LogP contribution in [0, 0.1) is 11.8 Å². The number of benzene rings is 1. The third-order valence-corrected chi connectivity index (χ3v) is 6.95. The van der Waals surface area contributed by atoms with Crippen LogP contribution in [0.2, 0.25) is 0 Å². The van der Waals surface area contributed by atoms with E-state index < -0.39 is 0 Å². The molecule has 1 aliphatic rings. The molecule has 3 aromatic rings. The van der Waals surface area contributed by atoms with Gasteiger partial charge in [0.2, 0.25) is 0 Å². The molecule has 1 unspecified atom stereocenters. The van der Waals surface area contributed by atoms with Crippen LogP contribution < -0.4 is 10.9 Å². The molecule has 2 aromatic heterocycles. The van der Waals surface area contributed by atoms with Gasteiger partial charge in [0, 0.05) is 10.9 Å². The lowest BCUT2D eigenvalue weighted by atomic mass is 9.94. The van der Waals surface area contributed by atoms with Crippen LogP contribution in [0.4, 0.5) is 0 Å². The van der Waals surface area contributed by atoms with E-state index in [0.29, 0.717) is 18.4 Å². The number of nitrogens with zero attached hydrogens (tertiary/aromatic N) is 1. The number of fused-ring (bicyclic) bond motifs is 3. The van der Waals surface area contributed by atoms with Crippen molar-refractivity contribution in [2.24, 2.45) is 11.8 Å². The van der Waals surface area contributed by atoms with Crippen LogP contribution in [-0.4, -0.2) is 9.97 Å². The third-order valence-electron chi connectivity index (χ3n) is 5.76. The Labute approximate surface area is 176 Å². The second-order valence-electron chi connectivity index (χ2n) is 8.99. The Morgan fingerprint density at radius 3 is 2.59 bits per heavy atom. The summed E-state index contributed by atoms with van der Waals surface area (Å²) in [6.45, 7) is 9.51. The predicted molar refractivity (Wildman–Crippen MR) is 122 cm³/mol. The summed E-state index contributed by atoms with van der Waals surface area (Å²) in [5.41, 5.74) is 3.92. The summed E-state index contributed by atoms with van der Waals surface area (Å²) < 4.78 is 0. The van der Waals surface area contributed by atoms with E-state index in [0.717, 1.165) is 41.7 Å². The summed E-state index contributed by atoms with van der Waals surface area (Å²) in [7, 11) is 0. The zero-order valence-corrected chi connectivity index (χ0v) is 18.7. The quantitative estimate of drug-likeness (QED) is 0.567. The molecule has 4 rings (SSSR count). The SMILES string of the molecule is CC(C)Cc1ccc(C(NCc2nc3sc4c(c3c(=O)[nH]2)CCC4)C(C)C)cc1. The average Bonchev–Trinajstić information content (AvgIpc) is 3.23. The summed E-state index contributed by atoms with van der Waals surface area (Å²) in [5, 5.41) is 4.45. The average molecular weight is 410 g/mol. The second-order valence-corrected chi connectivity index (χ2v) is 10.1. The van der Waals surface area contributed by atoms with Crippen LogP contribution >= 0.6 is 11.3 Å². The highest BCUT2D eigenvalue weighted by Gasteiger charge is 2.21. The maximum Gasteiger partial charge on any atom is 0.259 e. The Morgan fingerprint density at radius 2 is 1.90 bits per heavy atom. The van der Waals surface area contributed by atoms with Crippen molar-refractivity contribution in [1.82, 2.24) is 15.3 Å². The van der Waals surface area contributed by atoms with Crippen molar-refractivity contribution in [2.45, 2.75) is 66.0 Å². The highest BCUT2D eigenvalue weighted by Crippen LogP contribution is 2.34. The van der Waals surface area contributed by atoms with Gasteiger partial charge in [0.15, 0.2) is 0 Å². The summed E-state index contributed by atoms with van der Waals surface area (Å²) in [6, 6.07) is 9.17. The summed E-state index contributed by atoms with van der Waals surface area (Å²) >= 11 is 1.70. The van der Waals surface area contributed by atoms with Crippen LogP contribution in [0.5, 0.6) is 0 Å². The van der Waals surface area contributed by atoms with Crippen molar-refractivity contribution in [3.05, 3.63) is 62.0 Å². The minimum atomic E-state index is 0.0188. The first-order valence-corrected chi connectivity index (χ1v) is 11.6. The molecule has 1 aliphatic carbocycles. The molecule has 0 fully saturated rings. The minimum absolute atomic E-state index is 0.0188. The smallest absolute Gasteiger partial charge is 0.259 e. The number of aromatic amines is 1. The first kappa shape index (κ1) is 20.3. The maximum absolute atomic E-state index is 12.7. The number of thiophene rings is 1. The predicted octanol–water partition coefficient (Wildman–Crippen LogP) is 5.16. The zero-order valence-electron chi connectivity index (χ0n) is 17.8. The van der Waals surface area contributed by atoms with Crippen LogP contribution in [0.15, 0.2) is 29.1 Å².